The number of benzene rings is 1. The molecule has 0 nitrogen and oxygen atoms in total. The molecular weight excluding hydrogens is 384 g/mol. The first-order valence-electron chi connectivity index (χ1n) is 6.43. The zero-order valence-electron chi connectivity index (χ0n) is 11.4. The number of rotatable bonds is 4. The molecule has 19 heavy (non-hydrogen) atoms. The van der Waals surface area contributed by atoms with Gasteiger partial charge in [-0.3, -0.25) is 0 Å². The van der Waals surface area contributed by atoms with Crippen molar-refractivity contribution in [2.45, 2.75) is 37.4 Å². The Labute approximate surface area is 136 Å². The Balaban J connectivity index is 2.26. The van der Waals surface area contributed by atoms with Gasteiger partial charge in [-0.05, 0) is 50.3 Å². The topological polar surface area (TPSA) is 0 Å². The maximum absolute atomic E-state index is 3.80. The van der Waals surface area contributed by atoms with E-state index in [4.69, 9.17) is 0 Å². The quantitative estimate of drug-likeness (QED) is 0.501. The van der Waals surface area contributed by atoms with Gasteiger partial charge in [0.05, 0.1) is 4.83 Å². The van der Waals surface area contributed by atoms with Gasteiger partial charge >= 0.3 is 0 Å². The van der Waals surface area contributed by atoms with E-state index in [0.717, 1.165) is 6.42 Å². The summed E-state index contributed by atoms with van der Waals surface area (Å²) in [5, 5.41) is 2.11. The second kappa shape index (κ2) is 6.11. The van der Waals surface area contributed by atoms with Gasteiger partial charge < -0.3 is 0 Å². The van der Waals surface area contributed by atoms with Crippen LogP contribution in [0.25, 0.3) is 0 Å². The molecule has 0 bridgehead atoms. The van der Waals surface area contributed by atoms with E-state index in [-0.39, 0.29) is 10.2 Å². The standard InChI is InChI=1S/C16H18Br2S/c1-4-16(2,3)12-7-5-11(6-8-12)14(18)15-13(17)9-10-19-15/h5-10,14H,4H2,1-3H3. The molecule has 2 aromatic rings. The van der Waals surface area contributed by atoms with E-state index in [1.54, 1.807) is 11.3 Å². The van der Waals surface area contributed by atoms with Crippen LogP contribution in [0.15, 0.2) is 40.2 Å². The lowest BCUT2D eigenvalue weighted by Gasteiger charge is -2.23. The zero-order chi connectivity index (χ0) is 14.0. The van der Waals surface area contributed by atoms with E-state index < -0.39 is 0 Å². The predicted molar refractivity (Wildman–Crippen MR) is 92.5 cm³/mol. The molecule has 0 amide bonds. The van der Waals surface area contributed by atoms with Crippen molar-refractivity contribution >= 4 is 43.2 Å². The number of hydrogen-bond donors (Lipinski definition) is 0. The predicted octanol–water partition coefficient (Wildman–Crippen LogP) is 6.68. The minimum Gasteiger partial charge on any atom is -0.146 e. The maximum atomic E-state index is 3.80. The van der Waals surface area contributed by atoms with Crippen LogP contribution >= 0.6 is 43.2 Å². The molecular formula is C16H18Br2S. The SMILES string of the molecule is CCC(C)(C)c1ccc(C(Br)c2sccc2Br)cc1. The largest absolute Gasteiger partial charge is 0.146 e. The average Bonchev–Trinajstić information content (AvgIpc) is 2.84. The molecule has 0 aliphatic rings. The van der Waals surface area contributed by atoms with Gasteiger partial charge in [0.1, 0.15) is 0 Å². The summed E-state index contributed by atoms with van der Waals surface area (Å²) in [6, 6.07) is 11.1. The summed E-state index contributed by atoms with van der Waals surface area (Å²) < 4.78 is 1.18. The van der Waals surface area contributed by atoms with Crippen molar-refractivity contribution in [2.75, 3.05) is 0 Å². The van der Waals surface area contributed by atoms with Crippen LogP contribution in [0.4, 0.5) is 0 Å². The Bertz CT molecular complexity index is 540. The molecule has 102 valence electrons. The van der Waals surface area contributed by atoms with Crippen molar-refractivity contribution in [1.82, 2.24) is 0 Å². The Morgan fingerprint density at radius 3 is 2.26 bits per heavy atom. The lowest BCUT2D eigenvalue weighted by molar-refractivity contribution is 0.506. The summed E-state index contributed by atoms with van der Waals surface area (Å²) in [6.07, 6.45) is 1.15. The van der Waals surface area contributed by atoms with Gasteiger partial charge in [0.2, 0.25) is 0 Å². The van der Waals surface area contributed by atoms with E-state index >= 15 is 0 Å². The molecule has 1 aromatic heterocycles. The summed E-state index contributed by atoms with van der Waals surface area (Å²) in [5.74, 6) is 0. The van der Waals surface area contributed by atoms with Gasteiger partial charge in [-0.1, -0.05) is 61.0 Å². The highest BCUT2D eigenvalue weighted by atomic mass is 79.9. The Hall–Kier alpha value is -0.120. The molecule has 3 heteroatoms. The normalized spacial score (nSPS) is 13.5. The van der Waals surface area contributed by atoms with Crippen LogP contribution in [0, 0.1) is 0 Å². The van der Waals surface area contributed by atoms with Crippen molar-refractivity contribution < 1.29 is 0 Å². The van der Waals surface area contributed by atoms with E-state index in [2.05, 4.69) is 88.3 Å². The minimum absolute atomic E-state index is 0.254. The Morgan fingerprint density at radius 1 is 1.16 bits per heavy atom. The molecule has 0 N–H and O–H groups in total. The van der Waals surface area contributed by atoms with Crippen LogP contribution in [0.3, 0.4) is 0 Å². The van der Waals surface area contributed by atoms with Crippen molar-refractivity contribution in [2.24, 2.45) is 0 Å². The van der Waals surface area contributed by atoms with Gasteiger partial charge in [-0.2, -0.15) is 0 Å². The van der Waals surface area contributed by atoms with Crippen LogP contribution < -0.4 is 0 Å². The number of alkyl halides is 1. The molecule has 0 fully saturated rings. The molecule has 0 aliphatic heterocycles. The van der Waals surface area contributed by atoms with Crippen molar-refractivity contribution in [1.29, 1.82) is 0 Å². The van der Waals surface area contributed by atoms with Crippen LogP contribution in [0.2, 0.25) is 0 Å². The molecule has 2 rings (SSSR count). The summed E-state index contributed by atoms with van der Waals surface area (Å²) in [4.78, 5) is 1.59. The van der Waals surface area contributed by atoms with Crippen molar-refractivity contribution in [3.8, 4) is 0 Å². The van der Waals surface area contributed by atoms with Gasteiger partial charge in [0, 0.05) is 9.35 Å². The first kappa shape index (κ1) is 15.3. The summed E-state index contributed by atoms with van der Waals surface area (Å²) >= 11 is 9.17. The number of halogens is 2. The Morgan fingerprint density at radius 2 is 1.79 bits per heavy atom. The fraction of sp³-hybridized carbons (Fsp3) is 0.375. The highest BCUT2D eigenvalue weighted by molar-refractivity contribution is 9.11. The lowest BCUT2D eigenvalue weighted by Crippen LogP contribution is -2.15. The molecule has 1 aromatic carbocycles. The molecule has 1 heterocycles. The molecule has 1 atom stereocenters. The maximum Gasteiger partial charge on any atom is 0.0749 e. The first-order chi connectivity index (χ1) is 8.95. The van der Waals surface area contributed by atoms with Crippen molar-refractivity contribution in [3.63, 3.8) is 0 Å². The van der Waals surface area contributed by atoms with Crippen LogP contribution in [-0.2, 0) is 5.41 Å². The average molecular weight is 402 g/mol. The lowest BCUT2D eigenvalue weighted by atomic mass is 9.82. The molecule has 1 unspecified atom stereocenters. The summed E-state index contributed by atoms with van der Waals surface area (Å²) in [5.41, 5.74) is 2.96. The highest BCUT2D eigenvalue weighted by Gasteiger charge is 2.19. The van der Waals surface area contributed by atoms with Gasteiger partial charge in [-0.25, -0.2) is 0 Å². The molecule has 0 spiro atoms. The van der Waals surface area contributed by atoms with Crippen LogP contribution in [0.1, 0.15) is 48.0 Å². The number of thiophene rings is 1. The van der Waals surface area contributed by atoms with E-state index in [0.29, 0.717) is 0 Å². The second-order valence-corrected chi connectivity index (χ2v) is 8.07. The first-order valence-corrected chi connectivity index (χ1v) is 9.02. The van der Waals surface area contributed by atoms with E-state index in [1.165, 1.54) is 20.5 Å². The van der Waals surface area contributed by atoms with Crippen LogP contribution in [-0.4, -0.2) is 0 Å². The molecule has 0 aliphatic carbocycles. The van der Waals surface area contributed by atoms with Crippen molar-refractivity contribution in [3.05, 3.63) is 56.2 Å². The third-order valence-corrected chi connectivity index (χ3v) is 6.97. The van der Waals surface area contributed by atoms with Gasteiger partial charge in [0.15, 0.2) is 0 Å². The van der Waals surface area contributed by atoms with E-state index in [1.807, 2.05) is 0 Å². The smallest absolute Gasteiger partial charge is 0.0749 e. The monoisotopic (exact) mass is 400 g/mol. The fourth-order valence-electron chi connectivity index (χ4n) is 1.95. The summed E-state index contributed by atoms with van der Waals surface area (Å²) in [6.45, 7) is 6.83. The molecule has 0 saturated heterocycles. The summed E-state index contributed by atoms with van der Waals surface area (Å²) in [7, 11) is 0. The minimum atomic E-state index is 0.254. The van der Waals surface area contributed by atoms with E-state index in [9.17, 15) is 0 Å². The van der Waals surface area contributed by atoms with Gasteiger partial charge in [-0.15, -0.1) is 11.3 Å². The second-order valence-electron chi connectivity index (χ2n) is 5.35. The fourth-order valence-corrected chi connectivity index (χ4v) is 4.73. The number of hydrogen-bond acceptors (Lipinski definition) is 1. The molecule has 0 radical (unpaired) electrons. The van der Waals surface area contributed by atoms with Gasteiger partial charge in [0.25, 0.3) is 0 Å². The third-order valence-electron chi connectivity index (χ3n) is 3.74. The molecule has 0 saturated carbocycles. The van der Waals surface area contributed by atoms with Crippen LogP contribution in [0.5, 0.6) is 0 Å². The highest BCUT2D eigenvalue weighted by Crippen LogP contribution is 2.39. The Kier molecular flexibility index (Phi) is 4.91. The zero-order valence-corrected chi connectivity index (χ0v) is 15.4. The third kappa shape index (κ3) is 3.32.